The van der Waals surface area contributed by atoms with Crippen LogP contribution in [0.15, 0.2) is 24.3 Å². The Morgan fingerprint density at radius 2 is 1.76 bits per heavy atom. The van der Waals surface area contributed by atoms with Gasteiger partial charge in [0.25, 0.3) is 5.91 Å². The third kappa shape index (κ3) is 4.05. The van der Waals surface area contributed by atoms with E-state index >= 15 is 0 Å². The van der Waals surface area contributed by atoms with Gasteiger partial charge in [0.05, 0.1) is 11.3 Å². The standard InChI is InChI=1S/C15H20N2O4/c1-9(2)13(15(20)21)16-14(19)11-7-5-6-8-12(11)17(4)10(3)18/h5-9,13H,1-4H3,(H,16,19)(H,20,21)/t13-/m1/s1. The van der Waals surface area contributed by atoms with Crippen LogP contribution >= 0.6 is 0 Å². The molecule has 0 spiro atoms. The number of nitrogens with one attached hydrogen (secondary N) is 1. The number of aliphatic carboxylic acids is 1. The molecule has 0 aliphatic rings. The third-order valence-corrected chi connectivity index (χ3v) is 3.20. The largest absolute Gasteiger partial charge is 0.480 e. The molecule has 2 N–H and O–H groups in total. The summed E-state index contributed by atoms with van der Waals surface area (Å²) in [5, 5.41) is 11.6. The van der Waals surface area contributed by atoms with E-state index in [9.17, 15) is 14.4 Å². The van der Waals surface area contributed by atoms with Gasteiger partial charge in [-0.3, -0.25) is 9.59 Å². The molecule has 6 heteroatoms. The summed E-state index contributed by atoms with van der Waals surface area (Å²) in [5.74, 6) is -2.06. The van der Waals surface area contributed by atoms with Crippen LogP contribution in [0, 0.1) is 5.92 Å². The molecule has 0 heterocycles. The van der Waals surface area contributed by atoms with Crippen molar-refractivity contribution in [2.45, 2.75) is 26.8 Å². The minimum atomic E-state index is -1.09. The summed E-state index contributed by atoms with van der Waals surface area (Å²) >= 11 is 0. The van der Waals surface area contributed by atoms with E-state index in [1.54, 1.807) is 45.2 Å². The van der Waals surface area contributed by atoms with Crippen molar-refractivity contribution in [2.75, 3.05) is 11.9 Å². The Morgan fingerprint density at radius 3 is 2.24 bits per heavy atom. The van der Waals surface area contributed by atoms with E-state index in [2.05, 4.69) is 5.32 Å². The molecule has 0 aliphatic heterocycles. The Bertz CT molecular complexity index is 554. The van der Waals surface area contributed by atoms with Gasteiger partial charge >= 0.3 is 5.97 Å². The van der Waals surface area contributed by atoms with Crippen LogP contribution in [0.3, 0.4) is 0 Å². The normalized spacial score (nSPS) is 11.9. The summed E-state index contributed by atoms with van der Waals surface area (Å²) in [6.45, 7) is 4.82. The van der Waals surface area contributed by atoms with Crippen molar-refractivity contribution < 1.29 is 19.5 Å². The number of nitrogens with zero attached hydrogens (tertiary/aromatic N) is 1. The Hall–Kier alpha value is -2.37. The lowest BCUT2D eigenvalue weighted by Crippen LogP contribution is -2.44. The average Bonchev–Trinajstić information content (AvgIpc) is 2.42. The molecule has 114 valence electrons. The lowest BCUT2D eigenvalue weighted by molar-refractivity contribution is -0.140. The summed E-state index contributed by atoms with van der Waals surface area (Å²) in [6, 6.07) is 5.60. The van der Waals surface area contributed by atoms with Crippen molar-refractivity contribution in [3.63, 3.8) is 0 Å². The summed E-state index contributed by atoms with van der Waals surface area (Å²) in [4.78, 5) is 36.3. The van der Waals surface area contributed by atoms with Gasteiger partial charge in [-0.2, -0.15) is 0 Å². The Balaban J connectivity index is 3.08. The maximum Gasteiger partial charge on any atom is 0.326 e. The van der Waals surface area contributed by atoms with E-state index < -0.39 is 17.9 Å². The molecule has 1 aromatic rings. The van der Waals surface area contributed by atoms with Crippen LogP contribution in [0.1, 0.15) is 31.1 Å². The van der Waals surface area contributed by atoms with Gasteiger partial charge in [0, 0.05) is 14.0 Å². The van der Waals surface area contributed by atoms with Gasteiger partial charge in [-0.05, 0) is 18.1 Å². The molecule has 21 heavy (non-hydrogen) atoms. The number of carboxylic acids is 1. The molecule has 1 aromatic carbocycles. The highest BCUT2D eigenvalue weighted by Crippen LogP contribution is 2.19. The zero-order valence-corrected chi connectivity index (χ0v) is 12.6. The van der Waals surface area contributed by atoms with E-state index in [0.717, 1.165) is 0 Å². The van der Waals surface area contributed by atoms with Gasteiger partial charge in [0.2, 0.25) is 5.91 Å². The summed E-state index contributed by atoms with van der Waals surface area (Å²) in [7, 11) is 1.56. The highest BCUT2D eigenvalue weighted by Gasteiger charge is 2.25. The third-order valence-electron chi connectivity index (χ3n) is 3.20. The maximum atomic E-state index is 12.3. The van der Waals surface area contributed by atoms with E-state index in [-0.39, 0.29) is 17.4 Å². The monoisotopic (exact) mass is 292 g/mol. The first-order valence-electron chi connectivity index (χ1n) is 6.62. The number of carbonyl (C=O) groups excluding carboxylic acids is 2. The fourth-order valence-electron chi connectivity index (χ4n) is 1.86. The second-order valence-corrected chi connectivity index (χ2v) is 5.13. The second-order valence-electron chi connectivity index (χ2n) is 5.13. The first-order chi connectivity index (χ1) is 9.75. The van der Waals surface area contributed by atoms with Gasteiger partial charge in [-0.25, -0.2) is 4.79 Å². The molecule has 0 bridgehead atoms. The summed E-state index contributed by atoms with van der Waals surface area (Å²) in [6.07, 6.45) is 0. The lowest BCUT2D eigenvalue weighted by Gasteiger charge is -2.21. The zero-order valence-electron chi connectivity index (χ0n) is 12.6. The predicted octanol–water partition coefficient (Wildman–Crippen LogP) is 1.51. The minimum Gasteiger partial charge on any atom is -0.480 e. The fourth-order valence-corrected chi connectivity index (χ4v) is 1.86. The number of hydrogen-bond acceptors (Lipinski definition) is 3. The van der Waals surface area contributed by atoms with Crippen LogP contribution < -0.4 is 10.2 Å². The molecular formula is C15H20N2O4. The Labute approximate surface area is 123 Å². The van der Waals surface area contributed by atoms with Crippen LogP contribution in [0.25, 0.3) is 0 Å². The topological polar surface area (TPSA) is 86.7 Å². The first-order valence-corrected chi connectivity index (χ1v) is 6.62. The van der Waals surface area contributed by atoms with Crippen molar-refractivity contribution in [1.29, 1.82) is 0 Å². The fraction of sp³-hybridized carbons (Fsp3) is 0.400. The Morgan fingerprint density at radius 1 is 1.19 bits per heavy atom. The van der Waals surface area contributed by atoms with Crippen molar-refractivity contribution in [3.8, 4) is 0 Å². The van der Waals surface area contributed by atoms with Crippen molar-refractivity contribution in [1.82, 2.24) is 5.32 Å². The van der Waals surface area contributed by atoms with Crippen LogP contribution in [-0.4, -0.2) is 36.0 Å². The summed E-state index contributed by atoms with van der Waals surface area (Å²) in [5.41, 5.74) is 0.706. The smallest absolute Gasteiger partial charge is 0.326 e. The van der Waals surface area contributed by atoms with E-state index in [0.29, 0.717) is 5.69 Å². The quantitative estimate of drug-likeness (QED) is 0.861. The average molecular weight is 292 g/mol. The number of para-hydroxylation sites is 1. The van der Waals surface area contributed by atoms with Crippen molar-refractivity contribution >= 4 is 23.5 Å². The molecular weight excluding hydrogens is 272 g/mol. The van der Waals surface area contributed by atoms with Gasteiger partial charge in [0.15, 0.2) is 0 Å². The maximum absolute atomic E-state index is 12.3. The van der Waals surface area contributed by atoms with Gasteiger partial charge < -0.3 is 15.3 Å². The number of amides is 2. The van der Waals surface area contributed by atoms with Crippen LogP contribution in [0.5, 0.6) is 0 Å². The molecule has 6 nitrogen and oxygen atoms in total. The molecule has 1 rings (SSSR count). The van der Waals surface area contributed by atoms with Gasteiger partial charge in [-0.15, -0.1) is 0 Å². The highest BCUT2D eigenvalue weighted by molar-refractivity contribution is 6.05. The Kier molecular flexibility index (Phi) is 5.46. The number of anilines is 1. The van der Waals surface area contributed by atoms with Crippen LogP contribution in [0.2, 0.25) is 0 Å². The number of carbonyl (C=O) groups is 3. The number of benzene rings is 1. The molecule has 0 saturated heterocycles. The number of carboxylic acid groups (broad SMARTS) is 1. The van der Waals surface area contributed by atoms with Gasteiger partial charge in [0.1, 0.15) is 6.04 Å². The number of hydrogen-bond donors (Lipinski definition) is 2. The molecule has 0 saturated carbocycles. The molecule has 0 unspecified atom stereocenters. The second kappa shape index (κ2) is 6.88. The summed E-state index contributed by atoms with van der Waals surface area (Å²) < 4.78 is 0. The molecule has 2 amide bonds. The molecule has 0 fully saturated rings. The lowest BCUT2D eigenvalue weighted by atomic mass is 10.0. The first kappa shape index (κ1) is 16.7. The van der Waals surface area contributed by atoms with Gasteiger partial charge in [-0.1, -0.05) is 26.0 Å². The van der Waals surface area contributed by atoms with Crippen molar-refractivity contribution in [3.05, 3.63) is 29.8 Å². The minimum absolute atomic E-state index is 0.214. The SMILES string of the molecule is CC(=O)N(C)c1ccccc1C(=O)N[C@@H](C(=O)O)C(C)C. The molecule has 0 radical (unpaired) electrons. The zero-order chi connectivity index (χ0) is 16.2. The predicted molar refractivity (Wildman–Crippen MR) is 79.3 cm³/mol. The molecule has 0 aliphatic carbocycles. The van der Waals surface area contributed by atoms with E-state index in [1.807, 2.05) is 0 Å². The van der Waals surface area contributed by atoms with Crippen LogP contribution in [0.4, 0.5) is 5.69 Å². The van der Waals surface area contributed by atoms with E-state index in [4.69, 9.17) is 5.11 Å². The molecule has 0 aromatic heterocycles. The van der Waals surface area contributed by atoms with E-state index in [1.165, 1.54) is 11.8 Å². The number of rotatable bonds is 5. The van der Waals surface area contributed by atoms with Crippen molar-refractivity contribution in [2.24, 2.45) is 5.92 Å². The van der Waals surface area contributed by atoms with Crippen LogP contribution in [-0.2, 0) is 9.59 Å². The molecule has 1 atom stereocenters. The highest BCUT2D eigenvalue weighted by atomic mass is 16.4.